The summed E-state index contributed by atoms with van der Waals surface area (Å²) in [6.45, 7) is 12.5. The molecule has 224 valence electrons. The minimum Gasteiger partial charge on any atom is -0.493 e. The van der Waals surface area contributed by atoms with Gasteiger partial charge < -0.3 is 19.5 Å². The van der Waals surface area contributed by atoms with Gasteiger partial charge in [-0.25, -0.2) is 4.39 Å². The minimum absolute atomic E-state index is 0.0660. The van der Waals surface area contributed by atoms with Crippen LogP contribution in [0.1, 0.15) is 49.2 Å². The Morgan fingerprint density at radius 3 is 2.33 bits per heavy atom. The van der Waals surface area contributed by atoms with E-state index in [4.69, 9.17) is 14.5 Å². The number of carboxylic acids is 1. The molecule has 0 saturated carbocycles. The van der Waals surface area contributed by atoms with E-state index in [0.717, 1.165) is 84.1 Å². The summed E-state index contributed by atoms with van der Waals surface area (Å²) in [5.74, 6) is -0.342. The number of piperidine rings is 1. The maximum absolute atomic E-state index is 13.2. The summed E-state index contributed by atoms with van der Waals surface area (Å²) in [4.78, 5) is 21.9. The van der Waals surface area contributed by atoms with Gasteiger partial charge in [-0.1, -0.05) is 38.1 Å². The fourth-order valence-corrected chi connectivity index (χ4v) is 5.88. The first-order valence-corrected chi connectivity index (χ1v) is 15.0. The van der Waals surface area contributed by atoms with Crippen LogP contribution in [-0.4, -0.2) is 67.0 Å². The number of rotatable bonds is 10. The van der Waals surface area contributed by atoms with Crippen LogP contribution >= 0.6 is 0 Å². The number of carboxylic acid groups (broad SMARTS) is 1. The van der Waals surface area contributed by atoms with Gasteiger partial charge in [0.05, 0.1) is 37.6 Å². The lowest BCUT2D eigenvalue weighted by Crippen LogP contribution is -2.39. The van der Waals surface area contributed by atoms with E-state index in [9.17, 15) is 14.3 Å². The molecule has 5 rings (SSSR count). The topological polar surface area (TPSA) is 75.1 Å². The normalized spacial score (nSPS) is 17.3. The van der Waals surface area contributed by atoms with Crippen LogP contribution in [0, 0.1) is 18.2 Å². The number of morpholine rings is 1. The first-order valence-electron chi connectivity index (χ1n) is 15.0. The molecule has 0 spiro atoms. The second-order valence-corrected chi connectivity index (χ2v) is 12.2. The van der Waals surface area contributed by atoms with Crippen LogP contribution in [0.5, 0.6) is 5.75 Å². The Morgan fingerprint density at radius 1 is 1.02 bits per heavy atom. The predicted octanol–water partition coefficient (Wildman–Crippen LogP) is 5.90. The molecule has 2 aliphatic rings. The first-order chi connectivity index (χ1) is 20.2. The molecule has 2 fully saturated rings. The van der Waals surface area contributed by atoms with Crippen LogP contribution in [0.3, 0.4) is 0 Å². The molecular weight excluding hydrogens is 533 g/mol. The Bertz CT molecular complexity index is 1360. The molecule has 42 heavy (non-hydrogen) atoms. The summed E-state index contributed by atoms with van der Waals surface area (Å²) in [5, 5.41) is 9.90. The van der Waals surface area contributed by atoms with Crippen molar-refractivity contribution in [1.82, 2.24) is 9.88 Å². The highest BCUT2D eigenvalue weighted by molar-refractivity contribution is 5.86. The molecule has 2 aromatic carbocycles. The molecule has 3 heterocycles. The van der Waals surface area contributed by atoms with Gasteiger partial charge in [0, 0.05) is 56.0 Å². The summed E-state index contributed by atoms with van der Waals surface area (Å²) in [5.41, 5.74) is 6.85. The fraction of sp³-hybridized carbons (Fsp3) is 0.471. The summed E-state index contributed by atoms with van der Waals surface area (Å²) in [7, 11) is 0. The Kier molecular flexibility index (Phi) is 9.43. The molecule has 7 nitrogen and oxygen atoms in total. The third-order valence-corrected chi connectivity index (χ3v) is 8.50. The number of hydrogen-bond donors (Lipinski definition) is 1. The number of benzene rings is 2. The minimum atomic E-state index is -0.852. The predicted molar refractivity (Wildman–Crippen MR) is 163 cm³/mol. The number of ether oxygens (including phenoxy) is 2. The molecule has 0 aliphatic carbocycles. The molecule has 1 aromatic heterocycles. The van der Waals surface area contributed by atoms with Gasteiger partial charge in [0.25, 0.3) is 0 Å². The van der Waals surface area contributed by atoms with Gasteiger partial charge in [-0.05, 0) is 60.6 Å². The zero-order chi connectivity index (χ0) is 29.7. The highest BCUT2D eigenvalue weighted by atomic mass is 19.1. The van der Waals surface area contributed by atoms with E-state index in [1.807, 2.05) is 19.1 Å². The Morgan fingerprint density at radius 2 is 1.69 bits per heavy atom. The van der Waals surface area contributed by atoms with Crippen molar-refractivity contribution in [3.8, 4) is 16.9 Å². The van der Waals surface area contributed by atoms with Gasteiger partial charge in [-0.15, -0.1) is 0 Å². The number of aliphatic carboxylic acids is 1. The van der Waals surface area contributed by atoms with E-state index in [1.54, 1.807) is 12.1 Å². The van der Waals surface area contributed by atoms with Crippen molar-refractivity contribution in [3.63, 3.8) is 0 Å². The zero-order valence-electron chi connectivity index (χ0n) is 25.0. The molecule has 3 aromatic rings. The molecule has 0 bridgehead atoms. The monoisotopic (exact) mass is 575 g/mol. The standard InChI is InChI=1S/C34H42FN3O4/c1-24-29(22-31(39)40)33(38-15-13-34(2,3)14-16-38)32(30(36-24)23-37-17-20-41-21-18-37)26-6-10-28(11-7-26)42-19-12-25-4-8-27(35)9-5-25/h4-11H,12-23H2,1-3H3,(H,39,40). The molecule has 1 N–H and O–H groups in total. The number of aryl methyl sites for hydroxylation is 1. The van der Waals surface area contributed by atoms with Gasteiger partial charge >= 0.3 is 5.97 Å². The average molecular weight is 576 g/mol. The van der Waals surface area contributed by atoms with Gasteiger partial charge in [-0.3, -0.25) is 14.7 Å². The summed E-state index contributed by atoms with van der Waals surface area (Å²) in [6, 6.07) is 14.5. The van der Waals surface area contributed by atoms with E-state index >= 15 is 0 Å². The van der Waals surface area contributed by atoms with Crippen molar-refractivity contribution < 1.29 is 23.8 Å². The second-order valence-electron chi connectivity index (χ2n) is 12.2. The number of hydrogen-bond acceptors (Lipinski definition) is 6. The number of aromatic nitrogens is 1. The lowest BCUT2D eigenvalue weighted by Gasteiger charge is -2.40. The van der Waals surface area contributed by atoms with E-state index in [2.05, 4.69) is 35.8 Å². The Labute approximate surface area is 248 Å². The number of anilines is 1. The molecule has 8 heteroatoms. The maximum atomic E-state index is 13.2. The summed E-state index contributed by atoms with van der Waals surface area (Å²) < 4.78 is 24.8. The molecule has 2 aliphatic heterocycles. The summed E-state index contributed by atoms with van der Waals surface area (Å²) >= 11 is 0. The second kappa shape index (κ2) is 13.2. The highest BCUT2D eigenvalue weighted by Crippen LogP contribution is 2.42. The molecule has 0 unspecified atom stereocenters. The number of halogens is 1. The van der Waals surface area contributed by atoms with Crippen LogP contribution in [0.4, 0.5) is 10.1 Å². The van der Waals surface area contributed by atoms with Crippen molar-refractivity contribution in [2.75, 3.05) is 50.9 Å². The quantitative estimate of drug-likeness (QED) is 0.323. The van der Waals surface area contributed by atoms with Crippen molar-refractivity contribution in [1.29, 1.82) is 0 Å². The highest BCUT2D eigenvalue weighted by Gasteiger charge is 2.31. The Balaban J connectivity index is 1.49. The molecule has 2 saturated heterocycles. The van der Waals surface area contributed by atoms with Crippen LogP contribution in [-0.2, 0) is 28.9 Å². The molecular formula is C34H42FN3O4. The van der Waals surface area contributed by atoms with Gasteiger partial charge in [0.1, 0.15) is 11.6 Å². The van der Waals surface area contributed by atoms with Crippen LogP contribution in [0.2, 0.25) is 0 Å². The summed E-state index contributed by atoms with van der Waals surface area (Å²) in [6.07, 6.45) is 2.70. The molecule has 0 atom stereocenters. The molecule has 0 radical (unpaired) electrons. The van der Waals surface area contributed by atoms with Crippen LogP contribution < -0.4 is 9.64 Å². The molecule has 0 amide bonds. The van der Waals surface area contributed by atoms with Gasteiger partial charge in [0.15, 0.2) is 0 Å². The van der Waals surface area contributed by atoms with E-state index < -0.39 is 5.97 Å². The third-order valence-electron chi connectivity index (χ3n) is 8.50. The van der Waals surface area contributed by atoms with E-state index in [1.165, 1.54) is 12.1 Å². The van der Waals surface area contributed by atoms with Crippen molar-refractivity contribution in [3.05, 3.63) is 76.9 Å². The smallest absolute Gasteiger partial charge is 0.307 e. The largest absolute Gasteiger partial charge is 0.493 e. The lowest BCUT2D eigenvalue weighted by molar-refractivity contribution is -0.136. The van der Waals surface area contributed by atoms with Crippen LogP contribution in [0.15, 0.2) is 48.5 Å². The van der Waals surface area contributed by atoms with Gasteiger partial charge in [0.2, 0.25) is 0 Å². The maximum Gasteiger partial charge on any atom is 0.307 e. The lowest BCUT2D eigenvalue weighted by atomic mass is 9.82. The van der Waals surface area contributed by atoms with Crippen molar-refractivity contribution in [2.24, 2.45) is 5.41 Å². The van der Waals surface area contributed by atoms with Gasteiger partial charge in [-0.2, -0.15) is 0 Å². The Hall–Kier alpha value is -3.49. The third kappa shape index (κ3) is 7.47. The van der Waals surface area contributed by atoms with E-state index in [-0.39, 0.29) is 17.7 Å². The zero-order valence-corrected chi connectivity index (χ0v) is 25.0. The fourth-order valence-electron chi connectivity index (χ4n) is 5.88. The van der Waals surface area contributed by atoms with Crippen molar-refractivity contribution >= 4 is 11.7 Å². The SMILES string of the molecule is Cc1nc(CN2CCOCC2)c(-c2ccc(OCCc3ccc(F)cc3)cc2)c(N2CCC(C)(C)CC2)c1CC(=O)O. The number of nitrogens with zero attached hydrogens (tertiary/aromatic N) is 3. The number of pyridine rings is 1. The average Bonchev–Trinajstić information content (AvgIpc) is 2.96. The number of carbonyl (C=O) groups is 1. The van der Waals surface area contributed by atoms with E-state index in [0.29, 0.717) is 32.8 Å². The van der Waals surface area contributed by atoms with Crippen molar-refractivity contribution in [2.45, 2.75) is 53.0 Å². The van der Waals surface area contributed by atoms with Crippen LogP contribution in [0.25, 0.3) is 11.1 Å². The first kappa shape index (κ1) is 30.0.